The molecule has 0 saturated carbocycles. The second-order valence-corrected chi connectivity index (χ2v) is 7.05. The Hall–Kier alpha value is -4.16. The molecule has 0 bridgehead atoms. The number of aryl methyl sites for hydroxylation is 1. The Balaban J connectivity index is 2.33. The number of aromatic amines is 1. The van der Waals surface area contributed by atoms with E-state index < -0.39 is 92.0 Å². The first-order valence-electron chi connectivity index (χ1n) is 9.04. The van der Waals surface area contributed by atoms with E-state index in [0.717, 1.165) is 13.0 Å². The molecule has 1 N–H and O–H groups in total. The molecule has 36 heavy (non-hydrogen) atoms. The lowest BCUT2D eigenvalue weighted by Crippen LogP contribution is -2.24. The van der Waals surface area contributed by atoms with Gasteiger partial charge in [0.2, 0.25) is 11.6 Å². The van der Waals surface area contributed by atoms with Crippen molar-refractivity contribution in [1.82, 2.24) is 9.78 Å². The van der Waals surface area contributed by atoms with Gasteiger partial charge in [-0.3, -0.25) is 14.7 Å². The number of carbonyl (C=O) groups excluding carboxylic acids is 1. The van der Waals surface area contributed by atoms with E-state index in [0.29, 0.717) is 0 Å². The highest BCUT2D eigenvalue weighted by Gasteiger charge is 2.42. The van der Waals surface area contributed by atoms with E-state index in [-0.39, 0.29) is 16.8 Å². The Kier molecular flexibility index (Phi) is 6.24. The topological polar surface area (TPSA) is 78.7 Å². The van der Waals surface area contributed by atoms with Crippen LogP contribution in [0.4, 0.5) is 48.3 Å². The Morgan fingerprint density at radius 1 is 0.861 bits per heavy atom. The molecule has 1 heterocycles. The molecular weight excluding hydrogens is 523 g/mol. The number of H-pyrrole nitrogens is 1. The number of alkyl halides is 6. The Morgan fingerprint density at radius 2 is 1.28 bits per heavy atom. The summed E-state index contributed by atoms with van der Waals surface area (Å²) in [4.78, 5) is 25.4. The minimum absolute atomic E-state index is 0.148. The molecule has 0 amide bonds. The summed E-state index contributed by atoms with van der Waals surface area (Å²) < 4.78 is 148. The fraction of sp³-hybridized carbons (Fsp3) is 0.150. The smallest absolute Gasteiger partial charge is 0.294 e. The van der Waals surface area contributed by atoms with Crippen LogP contribution in [0.2, 0.25) is 0 Å². The molecule has 0 aliphatic carbocycles. The molecule has 0 aliphatic rings. The highest BCUT2D eigenvalue weighted by atomic mass is 19.4. The van der Waals surface area contributed by atoms with Gasteiger partial charge in [-0.1, -0.05) is 0 Å². The molecule has 0 radical (unpaired) electrons. The maximum atomic E-state index is 14.1. The number of nitrogens with zero attached hydrogens (tertiary/aromatic N) is 2. The molecule has 3 aromatic rings. The van der Waals surface area contributed by atoms with Gasteiger partial charge >= 0.3 is 12.4 Å². The van der Waals surface area contributed by atoms with Crippen LogP contribution in [0.1, 0.15) is 38.3 Å². The van der Waals surface area contributed by atoms with E-state index >= 15 is 0 Å². The van der Waals surface area contributed by atoms with E-state index in [9.17, 15) is 57.9 Å². The van der Waals surface area contributed by atoms with E-state index in [2.05, 4.69) is 0 Å². The van der Waals surface area contributed by atoms with Crippen molar-refractivity contribution in [3.05, 3.63) is 85.1 Å². The monoisotopic (exact) mass is 529 g/mol. The lowest BCUT2D eigenvalue weighted by molar-refractivity contribution is -0.143. The van der Waals surface area contributed by atoms with Crippen molar-refractivity contribution < 1.29 is 53.1 Å². The van der Waals surface area contributed by atoms with Gasteiger partial charge in [-0.15, -0.1) is 0 Å². The highest BCUT2D eigenvalue weighted by Crippen LogP contribution is 2.40. The van der Waals surface area contributed by atoms with Crippen LogP contribution in [-0.4, -0.2) is 15.6 Å². The summed E-state index contributed by atoms with van der Waals surface area (Å²) in [6.45, 7) is 0.816. The molecule has 0 fully saturated rings. The summed E-state index contributed by atoms with van der Waals surface area (Å²) in [5.41, 5.74) is -13.3. The van der Waals surface area contributed by atoms with E-state index in [1.807, 2.05) is 0 Å². The Morgan fingerprint density at radius 3 is 1.67 bits per heavy atom. The first-order chi connectivity index (χ1) is 16.4. The minimum atomic E-state index is -5.57. The van der Waals surface area contributed by atoms with Crippen molar-refractivity contribution >= 4 is 5.78 Å². The van der Waals surface area contributed by atoms with Gasteiger partial charge in [-0.25, -0.2) is 26.6 Å². The van der Waals surface area contributed by atoms with Gasteiger partial charge in [0.1, 0.15) is 17.3 Å². The lowest BCUT2D eigenvalue weighted by Gasteiger charge is -2.16. The van der Waals surface area contributed by atoms with Crippen LogP contribution >= 0.6 is 0 Å². The molecule has 0 spiro atoms. The molecule has 3 rings (SSSR count). The number of benzene rings is 2. The van der Waals surface area contributed by atoms with Gasteiger partial charge < -0.3 is 0 Å². The normalized spacial score (nSPS) is 12.1. The minimum Gasteiger partial charge on any atom is -0.294 e. The zero-order chi connectivity index (χ0) is 27.5. The SMILES string of the molecule is Cc1[nH]n(-c2c(F)c(F)c(F)c(F)c2F)c(=O)c1C(=O)c1cc(C(F)(F)F)c(C#N)c(C(F)(F)F)c1. The van der Waals surface area contributed by atoms with Gasteiger partial charge in [0.15, 0.2) is 23.3 Å². The maximum absolute atomic E-state index is 14.1. The van der Waals surface area contributed by atoms with Crippen LogP contribution in [0.3, 0.4) is 0 Å². The van der Waals surface area contributed by atoms with Gasteiger partial charge in [0, 0.05) is 11.3 Å². The molecule has 0 aliphatic heterocycles. The fourth-order valence-electron chi connectivity index (χ4n) is 3.25. The quantitative estimate of drug-likeness (QED) is 0.216. The number of rotatable bonds is 3. The predicted molar refractivity (Wildman–Crippen MR) is 95.5 cm³/mol. The van der Waals surface area contributed by atoms with Crippen LogP contribution < -0.4 is 5.56 Å². The third-order valence-electron chi connectivity index (χ3n) is 4.83. The Labute approximate surface area is 191 Å². The fourth-order valence-corrected chi connectivity index (χ4v) is 3.25. The lowest BCUT2D eigenvalue weighted by atomic mass is 9.93. The number of nitriles is 1. The van der Waals surface area contributed by atoms with Crippen LogP contribution in [0.5, 0.6) is 0 Å². The van der Waals surface area contributed by atoms with Crippen LogP contribution in [0.25, 0.3) is 5.69 Å². The van der Waals surface area contributed by atoms with Crippen molar-refractivity contribution in [2.75, 3.05) is 0 Å². The second kappa shape index (κ2) is 8.50. The van der Waals surface area contributed by atoms with Crippen molar-refractivity contribution in [3.63, 3.8) is 0 Å². The molecule has 5 nitrogen and oxygen atoms in total. The van der Waals surface area contributed by atoms with E-state index in [1.54, 1.807) is 5.10 Å². The largest absolute Gasteiger partial charge is 0.417 e. The number of nitrogens with one attached hydrogen (secondary N) is 1. The zero-order valence-corrected chi connectivity index (χ0v) is 17.0. The van der Waals surface area contributed by atoms with Crippen LogP contribution in [0, 0.1) is 47.3 Å². The predicted octanol–water partition coefficient (Wildman–Crippen LogP) is 5.31. The van der Waals surface area contributed by atoms with Crippen molar-refractivity contribution in [2.45, 2.75) is 19.3 Å². The standard InChI is InChI=1S/C20H6F11N3O2/c1-5-10(18(36)34(33-5)16-14(24)12(22)11(21)13(23)15(16)25)17(35)6-2-8(19(26,27)28)7(4-32)9(3-6)20(29,30)31/h2-3,33H,1H3. The maximum Gasteiger partial charge on any atom is 0.417 e. The summed E-state index contributed by atoms with van der Waals surface area (Å²) in [6, 6.07) is 0.455. The van der Waals surface area contributed by atoms with Crippen LogP contribution in [-0.2, 0) is 12.4 Å². The number of ketones is 1. The first kappa shape index (κ1) is 26.4. The van der Waals surface area contributed by atoms with Gasteiger partial charge in [-0.05, 0) is 19.1 Å². The average Bonchev–Trinajstić information content (AvgIpc) is 3.07. The van der Waals surface area contributed by atoms with Crippen LogP contribution in [0.15, 0.2) is 16.9 Å². The number of hydrogen-bond acceptors (Lipinski definition) is 3. The molecule has 190 valence electrons. The van der Waals surface area contributed by atoms with Gasteiger partial charge in [0.05, 0.1) is 16.7 Å². The number of hydrogen-bond donors (Lipinski definition) is 1. The average molecular weight is 529 g/mol. The van der Waals surface area contributed by atoms with Gasteiger partial charge in [0.25, 0.3) is 5.56 Å². The molecule has 2 aromatic carbocycles. The first-order valence-corrected chi connectivity index (χ1v) is 9.04. The second-order valence-electron chi connectivity index (χ2n) is 7.05. The Bertz CT molecular complexity index is 1460. The summed E-state index contributed by atoms with van der Waals surface area (Å²) in [7, 11) is 0. The van der Waals surface area contributed by atoms with E-state index in [4.69, 9.17) is 5.26 Å². The molecule has 16 heteroatoms. The highest BCUT2D eigenvalue weighted by molar-refractivity contribution is 6.10. The third-order valence-corrected chi connectivity index (χ3v) is 4.83. The van der Waals surface area contributed by atoms with Crippen molar-refractivity contribution in [2.24, 2.45) is 0 Å². The number of aromatic nitrogens is 2. The zero-order valence-electron chi connectivity index (χ0n) is 17.0. The molecule has 0 saturated heterocycles. The molecular formula is C20H6F11N3O2. The molecule has 0 unspecified atom stereocenters. The molecule has 0 atom stereocenters. The summed E-state index contributed by atoms with van der Waals surface area (Å²) in [6.07, 6.45) is -11.1. The summed E-state index contributed by atoms with van der Waals surface area (Å²) in [5, 5.41) is 10.7. The number of carbonyl (C=O) groups is 1. The van der Waals surface area contributed by atoms with E-state index in [1.165, 1.54) is 0 Å². The third kappa shape index (κ3) is 4.10. The summed E-state index contributed by atoms with van der Waals surface area (Å²) in [5.74, 6) is -14.4. The van der Waals surface area contributed by atoms with Gasteiger partial charge in [-0.2, -0.15) is 31.6 Å². The van der Waals surface area contributed by atoms with Crippen molar-refractivity contribution in [3.8, 4) is 11.8 Å². The van der Waals surface area contributed by atoms with Crippen molar-refractivity contribution in [1.29, 1.82) is 5.26 Å². The summed E-state index contributed by atoms with van der Waals surface area (Å²) >= 11 is 0. The number of halogens is 11. The molecule has 1 aromatic heterocycles.